The molecule has 0 heterocycles. The lowest BCUT2D eigenvalue weighted by Gasteiger charge is -2.63. The highest BCUT2D eigenvalue weighted by atomic mass is 16.6. The van der Waals surface area contributed by atoms with Gasteiger partial charge in [0, 0.05) is 5.92 Å². The zero-order valence-corrected chi connectivity index (χ0v) is 11.9. The Kier molecular flexibility index (Phi) is 3.28. The van der Waals surface area contributed by atoms with Crippen molar-refractivity contribution in [3.8, 4) is 0 Å². The molecule has 0 amide bonds. The quantitative estimate of drug-likeness (QED) is 0.706. The lowest BCUT2D eigenvalue weighted by atomic mass is 9.42. The van der Waals surface area contributed by atoms with Crippen molar-refractivity contribution in [2.24, 2.45) is 17.3 Å². The molecule has 3 heteroatoms. The predicted octanol–water partition coefficient (Wildman–Crippen LogP) is 3.11. The Labute approximate surface area is 109 Å². The smallest absolute Gasteiger partial charge is 0.307 e. The molecule has 1 atom stereocenters. The van der Waals surface area contributed by atoms with Crippen LogP contribution in [0.1, 0.15) is 59.8 Å². The molecule has 0 aromatic heterocycles. The van der Waals surface area contributed by atoms with Crippen LogP contribution in [-0.2, 0) is 14.3 Å². The third-order valence-corrected chi connectivity index (χ3v) is 4.25. The first kappa shape index (κ1) is 13.6. The lowest BCUT2D eigenvalue weighted by molar-refractivity contribution is -0.161. The first-order valence-corrected chi connectivity index (χ1v) is 6.91. The van der Waals surface area contributed by atoms with Crippen LogP contribution in [0.5, 0.6) is 0 Å². The maximum absolute atomic E-state index is 11.8. The topological polar surface area (TPSA) is 43.4 Å². The van der Waals surface area contributed by atoms with Crippen molar-refractivity contribution in [3.63, 3.8) is 0 Å². The summed E-state index contributed by atoms with van der Waals surface area (Å²) in [6.45, 7) is 7.17. The van der Waals surface area contributed by atoms with Gasteiger partial charge in [0.2, 0.25) is 0 Å². The van der Waals surface area contributed by atoms with Gasteiger partial charge in [0.05, 0.1) is 6.42 Å². The van der Waals surface area contributed by atoms with Gasteiger partial charge in [-0.2, -0.15) is 0 Å². The summed E-state index contributed by atoms with van der Waals surface area (Å²) in [5, 5.41) is 0. The Balaban J connectivity index is 1.86. The van der Waals surface area contributed by atoms with Crippen LogP contribution in [-0.4, -0.2) is 17.4 Å². The fourth-order valence-corrected chi connectivity index (χ4v) is 3.37. The molecule has 0 N–H and O–H groups in total. The van der Waals surface area contributed by atoms with E-state index in [-0.39, 0.29) is 24.1 Å². The van der Waals surface area contributed by atoms with Crippen molar-refractivity contribution in [1.82, 2.24) is 0 Å². The fourth-order valence-electron chi connectivity index (χ4n) is 3.37. The molecule has 3 saturated carbocycles. The van der Waals surface area contributed by atoms with E-state index in [9.17, 15) is 9.59 Å². The number of Topliss-reactive ketones (excluding diaryl/α,β-unsaturated/α-hetero) is 1. The number of carbonyl (C=O) groups is 2. The van der Waals surface area contributed by atoms with E-state index in [0.29, 0.717) is 5.41 Å². The Morgan fingerprint density at radius 3 is 2.17 bits per heavy atom. The van der Waals surface area contributed by atoms with Gasteiger partial charge in [-0.1, -0.05) is 0 Å². The molecule has 3 nitrogen and oxygen atoms in total. The highest BCUT2D eigenvalue weighted by Crippen LogP contribution is 2.67. The van der Waals surface area contributed by atoms with E-state index in [0.717, 1.165) is 12.3 Å². The Morgan fingerprint density at radius 1 is 1.28 bits per heavy atom. The van der Waals surface area contributed by atoms with Crippen molar-refractivity contribution in [1.29, 1.82) is 0 Å². The summed E-state index contributed by atoms with van der Waals surface area (Å²) in [6.07, 6.45) is 4.94. The lowest BCUT2D eigenvalue weighted by Crippen LogP contribution is -2.53. The summed E-state index contributed by atoms with van der Waals surface area (Å²) in [7, 11) is 0. The van der Waals surface area contributed by atoms with E-state index in [1.165, 1.54) is 19.3 Å². The van der Waals surface area contributed by atoms with Gasteiger partial charge in [-0.25, -0.2) is 0 Å². The van der Waals surface area contributed by atoms with Crippen LogP contribution in [0, 0.1) is 17.3 Å². The van der Waals surface area contributed by atoms with E-state index in [1.807, 2.05) is 20.8 Å². The number of ketones is 1. The highest BCUT2D eigenvalue weighted by molar-refractivity contribution is 5.83. The van der Waals surface area contributed by atoms with Gasteiger partial charge in [-0.15, -0.1) is 0 Å². The molecule has 3 aliphatic rings. The van der Waals surface area contributed by atoms with Gasteiger partial charge in [0.1, 0.15) is 11.4 Å². The molecule has 0 aliphatic heterocycles. The van der Waals surface area contributed by atoms with Crippen LogP contribution in [0.15, 0.2) is 0 Å². The summed E-state index contributed by atoms with van der Waals surface area (Å²) in [5.41, 5.74) is -0.0578. The van der Waals surface area contributed by atoms with E-state index in [4.69, 9.17) is 4.74 Å². The minimum absolute atomic E-state index is 0.130. The number of ether oxygens (including phenoxy) is 1. The number of esters is 1. The van der Waals surface area contributed by atoms with Gasteiger partial charge in [-0.3, -0.25) is 9.59 Å². The Bertz CT molecular complexity index is 347. The minimum Gasteiger partial charge on any atom is -0.460 e. The molecule has 0 aromatic rings. The van der Waals surface area contributed by atoms with Crippen LogP contribution in [0.3, 0.4) is 0 Å². The van der Waals surface area contributed by atoms with E-state index < -0.39 is 5.60 Å². The number of carbonyl (C=O) groups excluding carboxylic acids is 2. The molecule has 102 valence electrons. The second kappa shape index (κ2) is 4.36. The maximum atomic E-state index is 11.8. The van der Waals surface area contributed by atoms with Crippen molar-refractivity contribution in [3.05, 3.63) is 0 Å². The fraction of sp³-hybridized carbons (Fsp3) is 0.867. The molecule has 3 aliphatic carbocycles. The molecule has 18 heavy (non-hydrogen) atoms. The highest BCUT2D eigenvalue weighted by Gasteiger charge is 2.57. The third kappa shape index (κ3) is 2.93. The van der Waals surface area contributed by atoms with E-state index in [1.54, 1.807) is 6.92 Å². The van der Waals surface area contributed by atoms with Gasteiger partial charge in [0.25, 0.3) is 0 Å². The van der Waals surface area contributed by atoms with Gasteiger partial charge < -0.3 is 4.74 Å². The number of hydrogen-bond acceptors (Lipinski definition) is 3. The zero-order chi connectivity index (χ0) is 13.6. The summed E-state index contributed by atoms with van der Waals surface area (Å²) in [5.74, 6) is 0.667. The van der Waals surface area contributed by atoms with Crippen LogP contribution >= 0.6 is 0 Å². The standard InChI is InChI=1S/C15H24O3/c1-10(16)12(5-13(17)18-14(2,3)4)9-15-6-11(7-15)8-15/h11-12H,5-9H2,1-4H3. The van der Waals surface area contributed by atoms with Crippen LogP contribution in [0.2, 0.25) is 0 Å². The van der Waals surface area contributed by atoms with Crippen molar-refractivity contribution in [2.45, 2.75) is 65.4 Å². The summed E-state index contributed by atoms with van der Waals surface area (Å²) in [6, 6.07) is 0. The molecule has 2 bridgehead atoms. The average Bonchev–Trinajstić information content (AvgIpc) is 2.02. The monoisotopic (exact) mass is 252 g/mol. The predicted molar refractivity (Wildman–Crippen MR) is 69.0 cm³/mol. The first-order valence-electron chi connectivity index (χ1n) is 6.91. The van der Waals surface area contributed by atoms with Gasteiger partial charge >= 0.3 is 5.97 Å². The van der Waals surface area contributed by atoms with Crippen molar-refractivity contribution >= 4 is 11.8 Å². The molecule has 3 fully saturated rings. The normalized spacial score (nSPS) is 31.0. The molecule has 0 saturated heterocycles. The van der Waals surface area contributed by atoms with Crippen molar-refractivity contribution in [2.75, 3.05) is 0 Å². The Hall–Kier alpha value is -0.860. The summed E-state index contributed by atoms with van der Waals surface area (Å²) < 4.78 is 5.31. The zero-order valence-electron chi connectivity index (χ0n) is 11.9. The van der Waals surface area contributed by atoms with Gasteiger partial charge in [0.15, 0.2) is 0 Å². The molecule has 0 aromatic carbocycles. The van der Waals surface area contributed by atoms with E-state index >= 15 is 0 Å². The molecule has 0 spiro atoms. The van der Waals surface area contributed by atoms with E-state index in [2.05, 4.69) is 0 Å². The molecule has 3 rings (SSSR count). The average molecular weight is 252 g/mol. The minimum atomic E-state index is -0.464. The second-order valence-corrected chi connectivity index (χ2v) is 7.28. The SMILES string of the molecule is CC(=O)C(CC(=O)OC(C)(C)C)CC12CC(C1)C2. The van der Waals surface area contributed by atoms with Gasteiger partial charge in [-0.05, 0) is 64.7 Å². The number of hydrogen-bond donors (Lipinski definition) is 0. The molecule has 0 radical (unpaired) electrons. The first-order chi connectivity index (χ1) is 8.19. The maximum Gasteiger partial charge on any atom is 0.307 e. The summed E-state index contributed by atoms with van der Waals surface area (Å²) in [4.78, 5) is 23.5. The van der Waals surface area contributed by atoms with Crippen LogP contribution in [0.25, 0.3) is 0 Å². The molecular weight excluding hydrogens is 228 g/mol. The van der Waals surface area contributed by atoms with Crippen LogP contribution < -0.4 is 0 Å². The molecular formula is C15H24O3. The van der Waals surface area contributed by atoms with Crippen LogP contribution in [0.4, 0.5) is 0 Å². The van der Waals surface area contributed by atoms with Crippen molar-refractivity contribution < 1.29 is 14.3 Å². The number of rotatable bonds is 5. The third-order valence-electron chi connectivity index (χ3n) is 4.25. The largest absolute Gasteiger partial charge is 0.460 e. The Morgan fingerprint density at radius 2 is 1.83 bits per heavy atom. The second-order valence-electron chi connectivity index (χ2n) is 7.28. The summed E-state index contributed by atoms with van der Waals surface area (Å²) >= 11 is 0. The molecule has 1 unspecified atom stereocenters.